The molecule has 1 heterocycles. The number of hydrogen-bond acceptors (Lipinski definition) is 6. The number of hydrogen-bond donors (Lipinski definition) is 2. The van der Waals surface area contributed by atoms with Gasteiger partial charge in [-0.3, -0.25) is 9.59 Å². The first kappa shape index (κ1) is 23.3. The number of carbonyl (C=O) groups is 2. The van der Waals surface area contributed by atoms with E-state index in [2.05, 4.69) is 31.8 Å². The van der Waals surface area contributed by atoms with Gasteiger partial charge in [0.05, 0.1) is 19.2 Å². The summed E-state index contributed by atoms with van der Waals surface area (Å²) >= 11 is 3.34. The van der Waals surface area contributed by atoms with Crippen LogP contribution in [0, 0.1) is 0 Å². The molecule has 9 heteroatoms. The van der Waals surface area contributed by atoms with E-state index in [0.29, 0.717) is 28.5 Å². The van der Waals surface area contributed by atoms with Gasteiger partial charge in [-0.2, -0.15) is 5.10 Å². The maximum Gasteiger partial charge on any atom is 0.277 e. The minimum atomic E-state index is -0.431. The Labute approximate surface area is 204 Å². The molecule has 0 aliphatic rings. The number of furan rings is 1. The van der Waals surface area contributed by atoms with Crippen LogP contribution in [0.5, 0.6) is 11.5 Å². The lowest BCUT2D eigenvalue weighted by molar-refractivity contribution is -0.123. The molecule has 0 bridgehead atoms. The summed E-state index contributed by atoms with van der Waals surface area (Å²) in [5.74, 6) is 0.337. The van der Waals surface area contributed by atoms with E-state index >= 15 is 0 Å². The summed E-state index contributed by atoms with van der Waals surface area (Å²) in [6, 6.07) is 18.4. The summed E-state index contributed by atoms with van der Waals surface area (Å²) in [6.45, 7) is 1.45. The molecule has 0 aliphatic carbocycles. The highest BCUT2D eigenvalue weighted by Gasteiger charge is 2.14. The first-order valence-electron chi connectivity index (χ1n) is 10.4. The smallest absolute Gasteiger partial charge is 0.277 e. The van der Waals surface area contributed by atoms with Gasteiger partial charge in [0.25, 0.3) is 5.91 Å². The van der Waals surface area contributed by atoms with Gasteiger partial charge >= 0.3 is 0 Å². The van der Waals surface area contributed by atoms with Gasteiger partial charge in [-0.25, -0.2) is 5.43 Å². The fourth-order valence-electron chi connectivity index (χ4n) is 3.35. The second kappa shape index (κ2) is 10.4. The van der Waals surface area contributed by atoms with Gasteiger partial charge in [0.2, 0.25) is 5.91 Å². The van der Waals surface area contributed by atoms with E-state index in [-0.39, 0.29) is 18.9 Å². The third-order valence-electron chi connectivity index (χ3n) is 4.94. The molecule has 1 aromatic heterocycles. The molecule has 0 spiro atoms. The van der Waals surface area contributed by atoms with Crippen LogP contribution in [0.1, 0.15) is 13.3 Å². The van der Waals surface area contributed by atoms with E-state index in [1.807, 2.05) is 42.5 Å². The molecular weight excluding hydrogens is 502 g/mol. The lowest BCUT2D eigenvalue weighted by Crippen LogP contribution is -2.26. The Morgan fingerprint density at radius 1 is 1.00 bits per heavy atom. The molecule has 0 atom stereocenters. The van der Waals surface area contributed by atoms with Crippen LogP contribution in [0.2, 0.25) is 0 Å². The summed E-state index contributed by atoms with van der Waals surface area (Å²) in [6.07, 6.45) is -0.0187. The first-order chi connectivity index (χ1) is 16.4. The number of anilines is 1. The van der Waals surface area contributed by atoms with E-state index in [1.54, 1.807) is 25.1 Å². The van der Waals surface area contributed by atoms with E-state index in [9.17, 15) is 9.59 Å². The van der Waals surface area contributed by atoms with Crippen LogP contribution < -0.4 is 20.2 Å². The van der Waals surface area contributed by atoms with Crippen molar-refractivity contribution in [1.29, 1.82) is 0 Å². The Bertz CT molecular complexity index is 1380. The average Bonchev–Trinajstić information content (AvgIpc) is 3.19. The summed E-state index contributed by atoms with van der Waals surface area (Å²) in [5, 5.41) is 8.66. The second-order valence-corrected chi connectivity index (χ2v) is 8.41. The van der Waals surface area contributed by atoms with E-state index in [1.165, 1.54) is 7.11 Å². The Morgan fingerprint density at radius 2 is 1.76 bits per heavy atom. The van der Waals surface area contributed by atoms with Crippen molar-refractivity contribution in [2.24, 2.45) is 5.10 Å². The Balaban J connectivity index is 1.35. The highest BCUT2D eigenvalue weighted by molar-refractivity contribution is 9.10. The van der Waals surface area contributed by atoms with E-state index in [0.717, 1.165) is 20.8 Å². The molecule has 0 saturated carbocycles. The monoisotopic (exact) mass is 523 g/mol. The fourth-order valence-corrected chi connectivity index (χ4v) is 3.62. The van der Waals surface area contributed by atoms with Crippen LogP contribution in [0.15, 0.2) is 74.7 Å². The number of ether oxygens (including phenoxy) is 2. The first-order valence-corrected chi connectivity index (χ1v) is 11.2. The SMILES string of the molecule is COc1cc2c(cc1NC(=O)C/C(C)=N\NC(=O)COc1ccc(Br)cc1)oc1ccccc12. The van der Waals surface area contributed by atoms with Gasteiger partial charge in [-0.15, -0.1) is 0 Å². The third-order valence-corrected chi connectivity index (χ3v) is 5.47. The van der Waals surface area contributed by atoms with Crippen molar-refractivity contribution in [3.05, 3.63) is 65.1 Å². The number of carbonyl (C=O) groups excluding carboxylic acids is 2. The summed E-state index contributed by atoms with van der Waals surface area (Å²) < 4.78 is 17.7. The lowest BCUT2D eigenvalue weighted by atomic mass is 10.1. The molecular formula is C25H22BrN3O5. The minimum Gasteiger partial charge on any atom is -0.495 e. The zero-order valence-electron chi connectivity index (χ0n) is 18.6. The maximum atomic E-state index is 12.6. The molecule has 0 radical (unpaired) electrons. The normalized spacial score (nSPS) is 11.4. The lowest BCUT2D eigenvalue weighted by Gasteiger charge is -2.10. The van der Waals surface area contributed by atoms with Crippen LogP contribution >= 0.6 is 15.9 Å². The van der Waals surface area contributed by atoms with Gasteiger partial charge in [-0.05, 0) is 43.3 Å². The van der Waals surface area contributed by atoms with Gasteiger partial charge in [0, 0.05) is 27.0 Å². The number of hydrazone groups is 1. The molecule has 8 nitrogen and oxygen atoms in total. The molecule has 174 valence electrons. The number of rotatable bonds is 8. The predicted molar refractivity (Wildman–Crippen MR) is 134 cm³/mol. The summed E-state index contributed by atoms with van der Waals surface area (Å²) in [5.41, 5.74) is 4.70. The molecule has 0 saturated heterocycles. The Hall–Kier alpha value is -3.85. The highest BCUT2D eigenvalue weighted by atomic mass is 79.9. The topological polar surface area (TPSA) is 102 Å². The number of methoxy groups -OCH3 is 1. The third kappa shape index (κ3) is 5.55. The highest BCUT2D eigenvalue weighted by Crippen LogP contribution is 2.36. The Morgan fingerprint density at radius 3 is 2.53 bits per heavy atom. The summed E-state index contributed by atoms with van der Waals surface area (Å²) in [4.78, 5) is 24.5. The molecule has 0 aliphatic heterocycles. The average molecular weight is 524 g/mol. The maximum absolute atomic E-state index is 12.6. The van der Waals surface area contributed by atoms with E-state index < -0.39 is 5.91 Å². The van der Waals surface area contributed by atoms with E-state index in [4.69, 9.17) is 13.9 Å². The van der Waals surface area contributed by atoms with Crippen molar-refractivity contribution in [3.63, 3.8) is 0 Å². The van der Waals surface area contributed by atoms with Crippen molar-refractivity contribution in [2.75, 3.05) is 19.0 Å². The van der Waals surface area contributed by atoms with Crippen molar-refractivity contribution >= 4 is 61.1 Å². The van der Waals surface area contributed by atoms with Crippen LogP contribution in [-0.4, -0.2) is 31.2 Å². The molecule has 4 aromatic rings. The molecule has 0 fully saturated rings. The van der Waals surface area contributed by atoms with Crippen molar-refractivity contribution in [2.45, 2.75) is 13.3 Å². The van der Waals surface area contributed by atoms with Gasteiger partial charge < -0.3 is 19.2 Å². The number of para-hydroxylation sites is 1. The minimum absolute atomic E-state index is 0.0187. The standard InChI is InChI=1S/C25H22BrN3O5/c1-15(28-29-25(31)14-33-17-9-7-16(26)8-10-17)11-24(30)27-20-13-22-19(12-23(20)32-2)18-5-3-4-6-21(18)34-22/h3-10,12-13H,11,14H2,1-2H3,(H,27,30)(H,29,31)/b28-15-. The number of nitrogens with zero attached hydrogens (tertiary/aromatic N) is 1. The van der Waals surface area contributed by atoms with Crippen LogP contribution in [-0.2, 0) is 9.59 Å². The predicted octanol–water partition coefficient (Wildman–Crippen LogP) is 5.26. The molecule has 2 N–H and O–H groups in total. The van der Waals surface area contributed by atoms with Crippen LogP contribution in [0.4, 0.5) is 5.69 Å². The summed E-state index contributed by atoms with van der Waals surface area (Å²) in [7, 11) is 1.54. The largest absolute Gasteiger partial charge is 0.495 e. The number of nitrogens with one attached hydrogen (secondary N) is 2. The fraction of sp³-hybridized carbons (Fsp3) is 0.160. The number of halogens is 1. The van der Waals surface area contributed by atoms with Crippen molar-refractivity contribution in [1.82, 2.24) is 5.43 Å². The Kier molecular flexibility index (Phi) is 7.12. The second-order valence-electron chi connectivity index (χ2n) is 7.50. The number of amides is 2. The molecule has 2 amide bonds. The number of fused-ring (bicyclic) bond motifs is 3. The molecule has 4 rings (SSSR count). The zero-order chi connectivity index (χ0) is 24.1. The van der Waals surface area contributed by atoms with Gasteiger partial charge in [-0.1, -0.05) is 34.1 Å². The van der Waals surface area contributed by atoms with Crippen LogP contribution in [0.25, 0.3) is 21.9 Å². The quantitative estimate of drug-likeness (QED) is 0.242. The van der Waals surface area contributed by atoms with Crippen LogP contribution in [0.3, 0.4) is 0 Å². The van der Waals surface area contributed by atoms with Crippen molar-refractivity contribution in [3.8, 4) is 11.5 Å². The zero-order valence-corrected chi connectivity index (χ0v) is 20.1. The van der Waals surface area contributed by atoms with Gasteiger partial charge in [0.1, 0.15) is 22.7 Å². The number of benzene rings is 3. The molecule has 34 heavy (non-hydrogen) atoms. The van der Waals surface area contributed by atoms with Gasteiger partial charge in [0.15, 0.2) is 6.61 Å². The molecule has 3 aromatic carbocycles. The molecule has 0 unspecified atom stereocenters. The van der Waals surface area contributed by atoms with Crippen molar-refractivity contribution < 1.29 is 23.5 Å².